The number of benzene rings is 1. The summed E-state index contributed by atoms with van der Waals surface area (Å²) in [7, 11) is 5.02. The quantitative estimate of drug-likeness (QED) is 0.349. The van der Waals surface area contributed by atoms with Gasteiger partial charge in [0.2, 0.25) is 0 Å². The topological polar surface area (TPSA) is 112 Å². The second kappa shape index (κ2) is 11.3. The number of fused-ring (bicyclic) bond motifs is 1. The number of nitrogens with zero attached hydrogens (tertiary/aromatic N) is 7. The first-order valence-corrected chi connectivity index (χ1v) is 12.6. The van der Waals surface area contributed by atoms with Crippen molar-refractivity contribution in [3.05, 3.63) is 81.9 Å². The molecule has 0 bridgehead atoms. The minimum atomic E-state index is -0.581. The van der Waals surface area contributed by atoms with Gasteiger partial charge in [-0.05, 0) is 43.7 Å². The van der Waals surface area contributed by atoms with Crippen molar-refractivity contribution in [1.29, 1.82) is 0 Å². The molecule has 0 saturated heterocycles. The van der Waals surface area contributed by atoms with Gasteiger partial charge in [-0.15, -0.1) is 5.10 Å². The number of methoxy groups -OCH3 is 2. The molecular formula is C27H31FN8O3. The number of likely N-dealkylation sites (N-methyl/N-ethyl adjacent to an activating group) is 1. The molecule has 1 aromatic carbocycles. The zero-order chi connectivity index (χ0) is 27.5. The minimum absolute atomic E-state index is 0.0676. The highest BCUT2D eigenvalue weighted by molar-refractivity contribution is 5.95. The van der Waals surface area contributed by atoms with E-state index in [0.29, 0.717) is 29.2 Å². The molecule has 0 spiro atoms. The third kappa shape index (κ3) is 5.66. The molecule has 5 rings (SSSR count). The molecule has 0 unspecified atom stereocenters. The average molecular weight is 535 g/mol. The molecule has 204 valence electrons. The third-order valence-electron chi connectivity index (χ3n) is 6.69. The Morgan fingerprint density at radius 3 is 2.82 bits per heavy atom. The maximum Gasteiger partial charge on any atom is 0.255 e. The zero-order valence-electron chi connectivity index (χ0n) is 22.4. The molecule has 1 amide bonds. The molecule has 3 aromatic heterocycles. The lowest BCUT2D eigenvalue weighted by Crippen LogP contribution is -2.27. The Bertz CT molecular complexity index is 1500. The molecule has 11 nitrogen and oxygen atoms in total. The molecular weight excluding hydrogens is 503 g/mol. The Morgan fingerprint density at radius 1 is 1.23 bits per heavy atom. The smallest absolute Gasteiger partial charge is 0.255 e. The summed E-state index contributed by atoms with van der Waals surface area (Å²) in [6, 6.07) is 5.35. The van der Waals surface area contributed by atoms with Crippen LogP contribution >= 0.6 is 0 Å². The number of carbonyl (C=O) groups excluding carboxylic acids is 1. The van der Waals surface area contributed by atoms with Crippen LogP contribution in [0.2, 0.25) is 0 Å². The van der Waals surface area contributed by atoms with E-state index >= 15 is 4.39 Å². The van der Waals surface area contributed by atoms with Gasteiger partial charge in [0.05, 0.1) is 49.1 Å². The number of aryl methyl sites for hydroxylation is 1. The van der Waals surface area contributed by atoms with E-state index in [1.807, 2.05) is 6.20 Å². The predicted octanol–water partition coefficient (Wildman–Crippen LogP) is 2.43. The van der Waals surface area contributed by atoms with Gasteiger partial charge in [0.1, 0.15) is 5.69 Å². The number of pyridine rings is 1. The largest absolute Gasteiger partial charge is 0.494 e. The van der Waals surface area contributed by atoms with Gasteiger partial charge in [0, 0.05) is 44.7 Å². The lowest BCUT2D eigenvalue weighted by Gasteiger charge is -2.24. The Morgan fingerprint density at radius 2 is 2.08 bits per heavy atom. The van der Waals surface area contributed by atoms with Gasteiger partial charge in [-0.2, -0.15) is 5.10 Å². The number of hydrogen-bond donors (Lipinski definition) is 1. The SMILES string of the molecule is COCc1nn(Cc2cnc3c(c2)CCN(C)C3)cc1C(=O)NCc1c(-n2cc(C)nn2)ccc(OC)c1F. The third-order valence-corrected chi connectivity index (χ3v) is 6.69. The van der Waals surface area contributed by atoms with Crippen LogP contribution in [0, 0.1) is 12.7 Å². The van der Waals surface area contributed by atoms with Gasteiger partial charge in [0.15, 0.2) is 11.6 Å². The number of nitrogens with one attached hydrogen (secondary N) is 1. The van der Waals surface area contributed by atoms with Gasteiger partial charge < -0.3 is 19.7 Å². The number of ether oxygens (including phenoxy) is 2. The first-order chi connectivity index (χ1) is 18.9. The van der Waals surface area contributed by atoms with Gasteiger partial charge >= 0.3 is 0 Å². The summed E-state index contributed by atoms with van der Waals surface area (Å²) in [5.41, 5.74) is 5.53. The summed E-state index contributed by atoms with van der Waals surface area (Å²) in [6.07, 6.45) is 6.17. The summed E-state index contributed by atoms with van der Waals surface area (Å²) in [5, 5.41) is 15.4. The minimum Gasteiger partial charge on any atom is -0.494 e. The molecule has 4 heterocycles. The van der Waals surface area contributed by atoms with Crippen LogP contribution in [0.15, 0.2) is 36.8 Å². The first-order valence-electron chi connectivity index (χ1n) is 12.6. The number of amides is 1. The van der Waals surface area contributed by atoms with Crippen molar-refractivity contribution in [2.24, 2.45) is 0 Å². The van der Waals surface area contributed by atoms with Crippen LogP contribution in [0.1, 0.15) is 44.1 Å². The second-order valence-corrected chi connectivity index (χ2v) is 9.62. The average Bonchev–Trinajstić information content (AvgIpc) is 3.53. The number of rotatable bonds is 9. The van der Waals surface area contributed by atoms with E-state index in [-0.39, 0.29) is 24.5 Å². The molecule has 1 N–H and O–H groups in total. The molecule has 0 saturated carbocycles. The van der Waals surface area contributed by atoms with Crippen LogP contribution in [0.5, 0.6) is 5.75 Å². The van der Waals surface area contributed by atoms with Crippen LogP contribution < -0.4 is 10.1 Å². The summed E-state index contributed by atoms with van der Waals surface area (Å²) >= 11 is 0. The van der Waals surface area contributed by atoms with E-state index in [2.05, 4.69) is 43.7 Å². The number of aromatic nitrogens is 6. The normalized spacial score (nSPS) is 13.4. The van der Waals surface area contributed by atoms with Gasteiger partial charge in [-0.3, -0.25) is 14.5 Å². The Hall–Kier alpha value is -4.16. The van der Waals surface area contributed by atoms with Gasteiger partial charge in [-0.25, -0.2) is 9.07 Å². The van der Waals surface area contributed by atoms with E-state index in [0.717, 1.165) is 30.8 Å². The van der Waals surface area contributed by atoms with Crippen LogP contribution in [0.3, 0.4) is 0 Å². The highest BCUT2D eigenvalue weighted by atomic mass is 19.1. The molecule has 1 aliphatic heterocycles. The van der Waals surface area contributed by atoms with Crippen LogP contribution in [-0.4, -0.2) is 68.4 Å². The van der Waals surface area contributed by atoms with E-state index in [1.54, 1.807) is 37.2 Å². The molecule has 1 aliphatic rings. The van der Waals surface area contributed by atoms with Crippen LogP contribution in [0.25, 0.3) is 5.69 Å². The molecule has 0 aliphatic carbocycles. The van der Waals surface area contributed by atoms with Gasteiger partial charge in [-0.1, -0.05) is 11.3 Å². The van der Waals surface area contributed by atoms with E-state index in [4.69, 9.17) is 9.47 Å². The van der Waals surface area contributed by atoms with E-state index < -0.39 is 11.7 Å². The maximum atomic E-state index is 15.3. The first kappa shape index (κ1) is 26.4. The number of hydrogen-bond acceptors (Lipinski definition) is 8. The standard InChI is InChI=1S/C27H31FN8O3/c1-17-12-36(33-31-17)24-5-6-25(39-4)26(28)20(24)11-30-27(37)21-14-35(32-23(21)16-38-3)13-18-9-19-7-8-34(2)15-22(19)29-10-18/h5-6,9-10,12,14H,7-8,11,13,15-16H2,1-4H3,(H,30,37). The summed E-state index contributed by atoms with van der Waals surface area (Å²) < 4.78 is 28.9. The van der Waals surface area contributed by atoms with E-state index in [1.165, 1.54) is 23.4 Å². The van der Waals surface area contributed by atoms with Crippen molar-refractivity contribution < 1.29 is 18.7 Å². The van der Waals surface area contributed by atoms with Crippen molar-refractivity contribution in [3.63, 3.8) is 0 Å². The Kier molecular flexibility index (Phi) is 7.66. The molecule has 12 heteroatoms. The van der Waals surface area contributed by atoms with Crippen LogP contribution in [-0.2, 0) is 37.4 Å². The maximum absolute atomic E-state index is 15.3. The highest BCUT2D eigenvalue weighted by Crippen LogP contribution is 2.26. The fourth-order valence-corrected chi connectivity index (χ4v) is 4.70. The van der Waals surface area contributed by atoms with Gasteiger partial charge in [0.25, 0.3) is 5.91 Å². The summed E-state index contributed by atoms with van der Waals surface area (Å²) in [5.74, 6) is -0.914. The fraction of sp³-hybridized carbons (Fsp3) is 0.370. The zero-order valence-corrected chi connectivity index (χ0v) is 22.4. The second-order valence-electron chi connectivity index (χ2n) is 9.62. The number of halogens is 1. The molecule has 0 atom stereocenters. The Balaban J connectivity index is 1.36. The lowest BCUT2D eigenvalue weighted by atomic mass is 10.0. The fourth-order valence-electron chi connectivity index (χ4n) is 4.70. The highest BCUT2D eigenvalue weighted by Gasteiger charge is 2.21. The summed E-state index contributed by atoms with van der Waals surface area (Å²) in [4.78, 5) is 20.2. The van der Waals surface area contributed by atoms with Crippen molar-refractivity contribution in [3.8, 4) is 11.4 Å². The number of carbonyl (C=O) groups is 1. The van der Waals surface area contributed by atoms with Crippen molar-refractivity contribution in [1.82, 2.24) is 40.0 Å². The monoisotopic (exact) mass is 534 g/mol. The van der Waals surface area contributed by atoms with E-state index in [9.17, 15) is 4.79 Å². The van der Waals surface area contributed by atoms with Crippen molar-refractivity contribution in [2.75, 3.05) is 27.8 Å². The van der Waals surface area contributed by atoms with Crippen LogP contribution in [0.4, 0.5) is 4.39 Å². The Labute approximate surface area is 225 Å². The molecule has 0 fully saturated rings. The predicted molar refractivity (Wildman–Crippen MR) is 140 cm³/mol. The van der Waals surface area contributed by atoms with Crippen molar-refractivity contribution in [2.45, 2.75) is 39.6 Å². The molecule has 39 heavy (non-hydrogen) atoms. The van der Waals surface area contributed by atoms with Crippen molar-refractivity contribution >= 4 is 5.91 Å². The molecule has 0 radical (unpaired) electrons. The lowest BCUT2D eigenvalue weighted by molar-refractivity contribution is 0.0945. The summed E-state index contributed by atoms with van der Waals surface area (Å²) in [6.45, 7) is 4.14. The molecule has 4 aromatic rings.